The maximum absolute atomic E-state index is 12.6. The Morgan fingerprint density at radius 3 is 2.68 bits per heavy atom. The van der Waals surface area contributed by atoms with Crippen LogP contribution in [0.2, 0.25) is 0 Å². The van der Waals surface area contributed by atoms with E-state index in [0.717, 1.165) is 37.7 Å². The highest BCUT2D eigenvalue weighted by Crippen LogP contribution is 2.42. The molecule has 1 aliphatic carbocycles. The molecule has 1 saturated carbocycles. The summed E-state index contributed by atoms with van der Waals surface area (Å²) in [6.45, 7) is 3.11. The number of pyridine rings is 1. The van der Waals surface area contributed by atoms with E-state index in [1.807, 2.05) is 12.1 Å². The number of nitrogens with zero attached hydrogens (tertiary/aromatic N) is 3. The summed E-state index contributed by atoms with van der Waals surface area (Å²) in [6, 6.07) is 6.02. The van der Waals surface area contributed by atoms with Crippen LogP contribution in [0.15, 0.2) is 18.3 Å². The van der Waals surface area contributed by atoms with Gasteiger partial charge in [-0.2, -0.15) is 5.26 Å². The number of hydrogen-bond donors (Lipinski definition) is 1. The average Bonchev–Trinajstić information content (AvgIpc) is 3.43. The van der Waals surface area contributed by atoms with Crippen molar-refractivity contribution in [3.05, 3.63) is 23.9 Å². The Kier molecular flexibility index (Phi) is 4.58. The number of carbonyl (C=O) groups excluding carboxylic acids is 1. The third kappa shape index (κ3) is 3.62. The lowest BCUT2D eigenvalue weighted by molar-refractivity contribution is -0.128. The van der Waals surface area contributed by atoms with Crippen LogP contribution >= 0.6 is 0 Å². The lowest BCUT2D eigenvalue weighted by Gasteiger charge is -2.25. The first kappa shape index (κ1) is 16.3. The van der Waals surface area contributed by atoms with Crippen LogP contribution in [0.3, 0.4) is 0 Å². The highest BCUT2D eigenvalue weighted by atomic mass is 16.5. The molecule has 0 bridgehead atoms. The van der Waals surface area contributed by atoms with Crippen molar-refractivity contribution in [2.75, 3.05) is 31.2 Å². The molecule has 3 aliphatic rings. The van der Waals surface area contributed by atoms with Crippen molar-refractivity contribution in [2.45, 2.75) is 31.7 Å². The van der Waals surface area contributed by atoms with Gasteiger partial charge in [0.15, 0.2) is 0 Å². The van der Waals surface area contributed by atoms with Gasteiger partial charge in [0.25, 0.3) is 0 Å². The summed E-state index contributed by atoms with van der Waals surface area (Å²) in [5.41, 5.74) is 0.575. The molecule has 1 N–H and O–H groups in total. The van der Waals surface area contributed by atoms with Crippen molar-refractivity contribution in [1.29, 1.82) is 5.26 Å². The molecule has 0 radical (unpaired) electrons. The summed E-state index contributed by atoms with van der Waals surface area (Å²) in [6.07, 6.45) is 5.81. The molecule has 0 spiro atoms. The highest BCUT2D eigenvalue weighted by molar-refractivity contribution is 5.79. The summed E-state index contributed by atoms with van der Waals surface area (Å²) in [7, 11) is 0. The van der Waals surface area contributed by atoms with Gasteiger partial charge in [-0.3, -0.25) is 4.79 Å². The minimum absolute atomic E-state index is 0.0932. The minimum atomic E-state index is 0.0932. The molecule has 132 valence electrons. The Labute approximate surface area is 148 Å². The summed E-state index contributed by atoms with van der Waals surface area (Å²) in [4.78, 5) is 19.3. The number of nitrogens with one attached hydrogen (secondary N) is 1. The quantitative estimate of drug-likeness (QED) is 0.903. The molecule has 1 aromatic rings. The third-order valence-electron chi connectivity index (χ3n) is 5.71. The molecule has 1 aromatic heterocycles. The van der Waals surface area contributed by atoms with Crippen LogP contribution in [0.1, 0.15) is 31.2 Å². The molecular weight excluding hydrogens is 316 g/mol. The summed E-state index contributed by atoms with van der Waals surface area (Å²) >= 11 is 0. The van der Waals surface area contributed by atoms with Crippen LogP contribution in [-0.4, -0.2) is 43.2 Å². The standard InChI is InChI=1S/C19H24N4O2/c20-9-13-1-4-18(21-10-13)23-11-16(14-2-3-14)17(12-23)22-19(24)15-5-7-25-8-6-15/h1,4,10,14-17H,2-3,5-8,11-12H2,(H,22,24)/t16-,17+/m1/s1. The van der Waals surface area contributed by atoms with E-state index in [0.29, 0.717) is 24.7 Å². The van der Waals surface area contributed by atoms with Gasteiger partial charge in [-0.25, -0.2) is 4.98 Å². The molecule has 2 saturated heterocycles. The van der Waals surface area contributed by atoms with E-state index in [4.69, 9.17) is 10.00 Å². The van der Waals surface area contributed by atoms with Crippen molar-refractivity contribution >= 4 is 11.7 Å². The summed E-state index contributed by atoms with van der Waals surface area (Å²) in [5, 5.41) is 12.2. The Morgan fingerprint density at radius 2 is 2.04 bits per heavy atom. The number of aromatic nitrogens is 1. The predicted octanol–water partition coefficient (Wildman–Crippen LogP) is 1.71. The second-order valence-electron chi connectivity index (χ2n) is 7.42. The van der Waals surface area contributed by atoms with Crippen LogP contribution in [-0.2, 0) is 9.53 Å². The topological polar surface area (TPSA) is 78.2 Å². The fraction of sp³-hybridized carbons (Fsp3) is 0.632. The van der Waals surface area contributed by atoms with Crippen LogP contribution in [0.5, 0.6) is 0 Å². The number of anilines is 1. The molecule has 6 nitrogen and oxygen atoms in total. The summed E-state index contributed by atoms with van der Waals surface area (Å²) in [5.74, 6) is 2.40. The lowest BCUT2D eigenvalue weighted by atomic mass is 9.95. The SMILES string of the molecule is N#Cc1ccc(N2C[C@H](NC(=O)C3CCOCC3)[C@@H](C3CC3)C2)nc1. The number of amides is 1. The number of ether oxygens (including phenoxy) is 1. The van der Waals surface area contributed by atoms with Crippen molar-refractivity contribution < 1.29 is 9.53 Å². The second kappa shape index (κ2) is 7.01. The van der Waals surface area contributed by atoms with Gasteiger partial charge in [0, 0.05) is 44.3 Å². The number of rotatable bonds is 4. The van der Waals surface area contributed by atoms with Gasteiger partial charge in [-0.15, -0.1) is 0 Å². The minimum Gasteiger partial charge on any atom is -0.381 e. The van der Waals surface area contributed by atoms with Crippen molar-refractivity contribution in [1.82, 2.24) is 10.3 Å². The van der Waals surface area contributed by atoms with Crippen molar-refractivity contribution in [2.24, 2.45) is 17.8 Å². The van der Waals surface area contributed by atoms with Gasteiger partial charge < -0.3 is 15.0 Å². The number of carbonyl (C=O) groups is 1. The zero-order chi connectivity index (χ0) is 17.2. The molecule has 3 fully saturated rings. The summed E-state index contributed by atoms with van der Waals surface area (Å²) < 4.78 is 5.36. The third-order valence-corrected chi connectivity index (χ3v) is 5.71. The van der Waals surface area contributed by atoms with Gasteiger partial charge in [-0.05, 0) is 43.7 Å². The normalized spacial score (nSPS) is 27.1. The fourth-order valence-corrected chi connectivity index (χ4v) is 4.07. The Bertz CT molecular complexity index is 659. The van der Waals surface area contributed by atoms with E-state index >= 15 is 0 Å². The molecule has 4 rings (SSSR count). The van der Waals surface area contributed by atoms with E-state index in [1.54, 1.807) is 6.20 Å². The molecule has 2 atom stereocenters. The van der Waals surface area contributed by atoms with Gasteiger partial charge in [0.2, 0.25) is 5.91 Å². The molecule has 2 aliphatic heterocycles. The van der Waals surface area contributed by atoms with Gasteiger partial charge in [0.05, 0.1) is 11.6 Å². The van der Waals surface area contributed by atoms with E-state index in [1.165, 1.54) is 12.8 Å². The first-order chi connectivity index (χ1) is 12.2. The average molecular weight is 340 g/mol. The predicted molar refractivity (Wildman–Crippen MR) is 92.9 cm³/mol. The molecule has 6 heteroatoms. The Morgan fingerprint density at radius 1 is 1.24 bits per heavy atom. The molecule has 3 heterocycles. The molecular formula is C19H24N4O2. The molecule has 0 unspecified atom stereocenters. The van der Waals surface area contributed by atoms with Crippen LogP contribution in [0.25, 0.3) is 0 Å². The van der Waals surface area contributed by atoms with E-state index in [9.17, 15) is 4.79 Å². The highest BCUT2D eigenvalue weighted by Gasteiger charge is 2.43. The Hall–Kier alpha value is -2.13. The second-order valence-corrected chi connectivity index (χ2v) is 7.42. The number of hydrogen-bond acceptors (Lipinski definition) is 5. The van der Waals surface area contributed by atoms with E-state index in [2.05, 4.69) is 21.3 Å². The van der Waals surface area contributed by atoms with Crippen LogP contribution in [0.4, 0.5) is 5.82 Å². The van der Waals surface area contributed by atoms with Gasteiger partial charge in [0.1, 0.15) is 11.9 Å². The van der Waals surface area contributed by atoms with E-state index in [-0.39, 0.29) is 17.9 Å². The smallest absolute Gasteiger partial charge is 0.223 e. The van der Waals surface area contributed by atoms with Crippen LogP contribution in [0, 0.1) is 29.1 Å². The monoisotopic (exact) mass is 340 g/mol. The largest absolute Gasteiger partial charge is 0.381 e. The van der Waals surface area contributed by atoms with Gasteiger partial charge in [-0.1, -0.05) is 0 Å². The Balaban J connectivity index is 1.43. The van der Waals surface area contributed by atoms with Crippen LogP contribution < -0.4 is 10.2 Å². The van der Waals surface area contributed by atoms with Crippen molar-refractivity contribution in [3.63, 3.8) is 0 Å². The van der Waals surface area contributed by atoms with Gasteiger partial charge >= 0.3 is 0 Å². The maximum atomic E-state index is 12.6. The lowest BCUT2D eigenvalue weighted by Crippen LogP contribution is -2.45. The van der Waals surface area contributed by atoms with E-state index < -0.39 is 0 Å². The zero-order valence-electron chi connectivity index (χ0n) is 14.4. The molecule has 1 amide bonds. The molecule has 0 aromatic carbocycles. The zero-order valence-corrected chi connectivity index (χ0v) is 14.4. The maximum Gasteiger partial charge on any atom is 0.223 e. The first-order valence-electron chi connectivity index (χ1n) is 9.24. The molecule has 25 heavy (non-hydrogen) atoms. The fourth-order valence-electron chi connectivity index (χ4n) is 4.07. The first-order valence-corrected chi connectivity index (χ1v) is 9.24. The number of nitriles is 1. The van der Waals surface area contributed by atoms with Crippen molar-refractivity contribution in [3.8, 4) is 6.07 Å².